The molecule has 150 valence electrons. The van der Waals surface area contributed by atoms with Crippen LogP contribution in [0.15, 0.2) is 0 Å². The molecule has 1 aliphatic heterocycles. The summed E-state index contributed by atoms with van der Waals surface area (Å²) in [5.41, 5.74) is 0. The normalized spacial score (nSPS) is 21.2. The van der Waals surface area contributed by atoms with Crippen molar-refractivity contribution in [1.82, 2.24) is 20.4 Å². The topological polar surface area (TPSA) is 81.5 Å². The Kier molecular flexibility index (Phi) is 10.2. The third-order valence-corrected chi connectivity index (χ3v) is 5.00. The molecule has 0 saturated carbocycles. The summed E-state index contributed by atoms with van der Waals surface area (Å²) >= 11 is 0. The second-order valence-electron chi connectivity index (χ2n) is 7.22. The summed E-state index contributed by atoms with van der Waals surface area (Å²) < 4.78 is 0. The summed E-state index contributed by atoms with van der Waals surface area (Å²) in [6.45, 7) is 11.0. The van der Waals surface area contributed by atoms with E-state index >= 15 is 0 Å². The van der Waals surface area contributed by atoms with Gasteiger partial charge in [0, 0.05) is 59.0 Å². The molecule has 1 heterocycles. The van der Waals surface area contributed by atoms with Gasteiger partial charge in [0.05, 0.1) is 0 Å². The lowest BCUT2D eigenvalue weighted by Gasteiger charge is -2.21. The predicted octanol–water partition coefficient (Wildman–Crippen LogP) is 1.13. The second-order valence-corrected chi connectivity index (χ2v) is 7.22. The summed E-state index contributed by atoms with van der Waals surface area (Å²) in [7, 11) is 0. The zero-order valence-electron chi connectivity index (χ0n) is 16.8. The minimum atomic E-state index is -0.00638. The summed E-state index contributed by atoms with van der Waals surface area (Å²) in [5.74, 6) is 0.150. The molecule has 0 aromatic rings. The zero-order chi connectivity index (χ0) is 19.5. The van der Waals surface area contributed by atoms with Gasteiger partial charge in [-0.25, -0.2) is 0 Å². The van der Waals surface area contributed by atoms with E-state index in [4.69, 9.17) is 0 Å². The van der Waals surface area contributed by atoms with Gasteiger partial charge in [0.2, 0.25) is 17.7 Å². The van der Waals surface area contributed by atoms with Crippen LogP contribution in [0.4, 0.5) is 0 Å². The first-order chi connectivity index (χ1) is 12.3. The van der Waals surface area contributed by atoms with Gasteiger partial charge in [-0.05, 0) is 45.6 Å². The molecular formula is C19H36N4O3. The molecule has 0 aromatic carbocycles. The number of amides is 3. The van der Waals surface area contributed by atoms with Crippen LogP contribution in [0.3, 0.4) is 0 Å². The molecule has 0 bridgehead atoms. The van der Waals surface area contributed by atoms with Crippen molar-refractivity contribution in [2.75, 3.05) is 32.7 Å². The number of carbonyl (C=O) groups is 3. The standard InChI is InChI=1S/C19H36N4O3/c1-15-19(9-11-21-17(3)25)23(15)14-8-7-13-22(18(4)26)12-6-5-10-20-16(2)24/h15,19H,5-14H2,1-4H3,(H,20,24)(H,21,25)/t15?,19-,23?/m1/s1. The molecule has 7 nitrogen and oxygen atoms in total. The largest absolute Gasteiger partial charge is 0.356 e. The van der Waals surface area contributed by atoms with E-state index in [0.29, 0.717) is 18.6 Å². The highest BCUT2D eigenvalue weighted by Crippen LogP contribution is 2.30. The van der Waals surface area contributed by atoms with Crippen molar-refractivity contribution in [2.24, 2.45) is 0 Å². The molecule has 1 fully saturated rings. The second kappa shape index (κ2) is 11.9. The van der Waals surface area contributed by atoms with E-state index in [1.54, 1.807) is 13.8 Å². The average molecular weight is 369 g/mol. The molecule has 0 radical (unpaired) electrons. The van der Waals surface area contributed by atoms with E-state index in [2.05, 4.69) is 22.5 Å². The number of unbranched alkanes of at least 4 members (excludes halogenated alkanes) is 2. The lowest BCUT2D eigenvalue weighted by Crippen LogP contribution is -2.31. The minimum absolute atomic E-state index is 0.00638. The quantitative estimate of drug-likeness (QED) is 0.377. The number of nitrogens with one attached hydrogen (secondary N) is 2. The SMILES string of the molecule is CC(=O)NCCCCN(CCCCN1C(C)[C@H]1CCNC(C)=O)C(C)=O. The fraction of sp³-hybridized carbons (Fsp3) is 0.842. The molecule has 1 aliphatic rings. The number of hydrogen-bond donors (Lipinski definition) is 2. The van der Waals surface area contributed by atoms with Crippen molar-refractivity contribution < 1.29 is 14.4 Å². The fourth-order valence-electron chi connectivity index (χ4n) is 3.37. The van der Waals surface area contributed by atoms with Crippen molar-refractivity contribution in [2.45, 2.75) is 71.9 Å². The van der Waals surface area contributed by atoms with Gasteiger partial charge in [-0.3, -0.25) is 19.3 Å². The van der Waals surface area contributed by atoms with Gasteiger partial charge in [0.1, 0.15) is 0 Å². The molecule has 0 spiro atoms. The van der Waals surface area contributed by atoms with Gasteiger partial charge in [-0.1, -0.05) is 0 Å². The van der Waals surface area contributed by atoms with E-state index in [9.17, 15) is 14.4 Å². The van der Waals surface area contributed by atoms with Gasteiger partial charge in [0.25, 0.3) is 0 Å². The highest BCUT2D eigenvalue weighted by atomic mass is 16.2. The molecule has 7 heteroatoms. The van der Waals surface area contributed by atoms with Crippen LogP contribution in [0.5, 0.6) is 0 Å². The Morgan fingerprint density at radius 1 is 0.885 bits per heavy atom. The minimum Gasteiger partial charge on any atom is -0.356 e. The first kappa shape index (κ1) is 22.4. The van der Waals surface area contributed by atoms with Crippen molar-refractivity contribution in [3.63, 3.8) is 0 Å². The Morgan fingerprint density at radius 3 is 2.04 bits per heavy atom. The van der Waals surface area contributed by atoms with Crippen LogP contribution < -0.4 is 10.6 Å². The van der Waals surface area contributed by atoms with Crippen molar-refractivity contribution in [3.8, 4) is 0 Å². The Bertz CT molecular complexity index is 470. The summed E-state index contributed by atoms with van der Waals surface area (Å²) in [5, 5.41) is 5.63. The fourth-order valence-corrected chi connectivity index (χ4v) is 3.37. The molecule has 2 unspecified atom stereocenters. The lowest BCUT2D eigenvalue weighted by atomic mass is 10.2. The van der Waals surface area contributed by atoms with E-state index in [-0.39, 0.29) is 17.7 Å². The van der Waals surface area contributed by atoms with E-state index in [0.717, 1.165) is 58.3 Å². The maximum absolute atomic E-state index is 11.7. The Hall–Kier alpha value is -1.63. The maximum atomic E-state index is 11.7. The maximum Gasteiger partial charge on any atom is 0.219 e. The molecule has 0 aliphatic carbocycles. The first-order valence-corrected chi connectivity index (χ1v) is 9.83. The van der Waals surface area contributed by atoms with Crippen LogP contribution in [0.1, 0.15) is 59.8 Å². The van der Waals surface area contributed by atoms with E-state index in [1.807, 2.05) is 4.90 Å². The van der Waals surface area contributed by atoms with Crippen molar-refractivity contribution >= 4 is 17.7 Å². The first-order valence-electron chi connectivity index (χ1n) is 9.83. The zero-order valence-corrected chi connectivity index (χ0v) is 16.8. The average Bonchev–Trinajstić information content (AvgIpc) is 3.16. The molecule has 1 rings (SSSR count). The van der Waals surface area contributed by atoms with E-state index in [1.165, 1.54) is 6.92 Å². The van der Waals surface area contributed by atoms with Crippen molar-refractivity contribution in [3.05, 3.63) is 0 Å². The Balaban J connectivity index is 2.11. The van der Waals surface area contributed by atoms with Gasteiger partial charge in [0.15, 0.2) is 0 Å². The summed E-state index contributed by atoms with van der Waals surface area (Å²) in [6, 6.07) is 1.18. The van der Waals surface area contributed by atoms with Crippen LogP contribution in [-0.2, 0) is 14.4 Å². The van der Waals surface area contributed by atoms with Gasteiger partial charge in [-0.2, -0.15) is 0 Å². The molecule has 2 N–H and O–H groups in total. The van der Waals surface area contributed by atoms with Crippen molar-refractivity contribution in [1.29, 1.82) is 0 Å². The highest BCUT2D eigenvalue weighted by molar-refractivity contribution is 5.73. The van der Waals surface area contributed by atoms with Gasteiger partial charge < -0.3 is 15.5 Å². The van der Waals surface area contributed by atoms with Gasteiger partial charge >= 0.3 is 0 Å². The molecule has 3 atom stereocenters. The predicted molar refractivity (Wildman–Crippen MR) is 103 cm³/mol. The Morgan fingerprint density at radius 2 is 1.46 bits per heavy atom. The van der Waals surface area contributed by atoms with E-state index < -0.39 is 0 Å². The van der Waals surface area contributed by atoms with Crippen LogP contribution in [-0.4, -0.2) is 72.3 Å². The molecule has 1 saturated heterocycles. The monoisotopic (exact) mass is 368 g/mol. The molecule has 26 heavy (non-hydrogen) atoms. The lowest BCUT2D eigenvalue weighted by molar-refractivity contribution is -0.129. The molecule has 3 amide bonds. The third-order valence-electron chi connectivity index (χ3n) is 5.00. The van der Waals surface area contributed by atoms with Crippen LogP contribution in [0.2, 0.25) is 0 Å². The summed E-state index contributed by atoms with van der Waals surface area (Å²) in [6.07, 6.45) is 4.90. The highest BCUT2D eigenvalue weighted by Gasteiger charge is 2.42. The summed E-state index contributed by atoms with van der Waals surface area (Å²) in [4.78, 5) is 37.8. The Labute approximate surface area is 157 Å². The van der Waals surface area contributed by atoms with Gasteiger partial charge in [-0.15, -0.1) is 0 Å². The number of hydrogen-bond acceptors (Lipinski definition) is 4. The molecular weight excluding hydrogens is 332 g/mol. The number of nitrogens with zero attached hydrogens (tertiary/aromatic N) is 2. The third kappa shape index (κ3) is 9.17. The van der Waals surface area contributed by atoms with Crippen LogP contribution in [0.25, 0.3) is 0 Å². The van der Waals surface area contributed by atoms with Crippen LogP contribution >= 0.6 is 0 Å². The molecule has 0 aromatic heterocycles. The number of carbonyl (C=O) groups excluding carboxylic acids is 3. The van der Waals surface area contributed by atoms with Crippen LogP contribution in [0, 0.1) is 0 Å². The number of rotatable bonds is 13. The smallest absolute Gasteiger partial charge is 0.219 e.